The number of hydrogen-bond donors (Lipinski definition) is 0. The molecule has 7 nitrogen and oxygen atoms in total. The van der Waals surface area contributed by atoms with E-state index < -0.39 is 17.9 Å². The van der Waals surface area contributed by atoms with Crippen molar-refractivity contribution >= 4 is 5.97 Å². The maximum absolute atomic E-state index is 12.6. The van der Waals surface area contributed by atoms with Gasteiger partial charge in [-0.25, -0.2) is 4.79 Å². The number of esters is 1. The summed E-state index contributed by atoms with van der Waals surface area (Å²) in [5.41, 5.74) is 0.904. The fourth-order valence-electron chi connectivity index (χ4n) is 3.21. The first-order valence-corrected chi connectivity index (χ1v) is 8.30. The first-order valence-electron chi connectivity index (χ1n) is 8.30. The summed E-state index contributed by atoms with van der Waals surface area (Å²) in [6, 6.07) is 13.0. The molecule has 1 atom stereocenters. The van der Waals surface area contributed by atoms with Gasteiger partial charge in [-0.15, -0.1) is 0 Å². The Kier molecular flexibility index (Phi) is 5.65. The van der Waals surface area contributed by atoms with Crippen LogP contribution in [0.2, 0.25) is 0 Å². The van der Waals surface area contributed by atoms with Gasteiger partial charge in [0, 0.05) is 26.9 Å². The molecule has 0 aromatic heterocycles. The summed E-state index contributed by atoms with van der Waals surface area (Å²) in [4.78, 5) is 12.6. The van der Waals surface area contributed by atoms with Crippen molar-refractivity contribution in [2.45, 2.75) is 11.9 Å². The number of hydrogen-bond acceptors (Lipinski definition) is 7. The van der Waals surface area contributed by atoms with Gasteiger partial charge < -0.3 is 28.4 Å². The van der Waals surface area contributed by atoms with E-state index in [1.54, 1.807) is 12.1 Å². The van der Waals surface area contributed by atoms with Crippen molar-refractivity contribution in [1.29, 1.82) is 0 Å². The highest BCUT2D eigenvalue weighted by molar-refractivity contribution is 5.82. The first-order chi connectivity index (χ1) is 13.1. The fraction of sp³-hybridized carbons (Fsp3) is 0.350. The summed E-state index contributed by atoms with van der Waals surface area (Å²) in [6.07, 6.45) is -0.980. The van der Waals surface area contributed by atoms with E-state index in [2.05, 4.69) is 0 Å². The normalized spacial score (nSPS) is 14.9. The monoisotopic (exact) mass is 374 g/mol. The Morgan fingerprint density at radius 1 is 0.926 bits per heavy atom. The zero-order valence-electron chi connectivity index (χ0n) is 15.7. The molecule has 0 spiro atoms. The summed E-state index contributed by atoms with van der Waals surface area (Å²) in [5.74, 6) is 0.813. The minimum Gasteiger partial charge on any atom is -0.466 e. The maximum atomic E-state index is 12.6. The Morgan fingerprint density at radius 3 is 2.15 bits per heavy atom. The van der Waals surface area contributed by atoms with Gasteiger partial charge in [0.2, 0.25) is 18.7 Å². The molecule has 0 unspecified atom stereocenters. The molecule has 1 heterocycles. The lowest BCUT2D eigenvalue weighted by Crippen LogP contribution is -2.50. The van der Waals surface area contributed by atoms with Crippen LogP contribution in [0.15, 0.2) is 42.5 Å². The van der Waals surface area contributed by atoms with Gasteiger partial charge in [-0.05, 0) is 23.3 Å². The van der Waals surface area contributed by atoms with Crippen LogP contribution in [0.25, 0.3) is 11.1 Å². The molecule has 0 fully saturated rings. The second kappa shape index (κ2) is 7.96. The van der Waals surface area contributed by atoms with Gasteiger partial charge in [0.15, 0.2) is 11.5 Å². The van der Waals surface area contributed by atoms with Gasteiger partial charge in [0.05, 0.1) is 7.11 Å². The van der Waals surface area contributed by atoms with Gasteiger partial charge in [-0.1, -0.05) is 30.3 Å². The van der Waals surface area contributed by atoms with E-state index in [9.17, 15) is 4.79 Å². The van der Waals surface area contributed by atoms with Crippen LogP contribution in [-0.4, -0.2) is 47.5 Å². The number of methoxy groups -OCH3 is 4. The lowest BCUT2D eigenvalue weighted by molar-refractivity contribution is -0.240. The molecule has 27 heavy (non-hydrogen) atoms. The zero-order chi connectivity index (χ0) is 19.4. The minimum absolute atomic E-state index is 0.225. The van der Waals surface area contributed by atoms with Gasteiger partial charge in [0.1, 0.15) is 0 Å². The van der Waals surface area contributed by atoms with Crippen molar-refractivity contribution in [3.63, 3.8) is 0 Å². The molecule has 1 aliphatic rings. The molecule has 144 valence electrons. The summed E-state index contributed by atoms with van der Waals surface area (Å²) >= 11 is 0. The predicted octanol–water partition coefficient (Wildman–Crippen LogP) is 2.72. The summed E-state index contributed by atoms with van der Waals surface area (Å²) in [5, 5.41) is 0. The molecule has 0 radical (unpaired) electrons. The quantitative estimate of drug-likeness (QED) is 0.545. The third kappa shape index (κ3) is 3.25. The molecule has 0 aliphatic carbocycles. The third-order valence-electron chi connectivity index (χ3n) is 4.59. The molecule has 0 saturated carbocycles. The molecule has 7 heteroatoms. The van der Waals surface area contributed by atoms with Crippen molar-refractivity contribution in [3.8, 4) is 22.6 Å². The molecular weight excluding hydrogens is 352 g/mol. The molecule has 1 aliphatic heterocycles. The average molecular weight is 374 g/mol. The van der Waals surface area contributed by atoms with E-state index in [1.165, 1.54) is 28.4 Å². The molecule has 0 saturated heterocycles. The molecular formula is C20H22O7. The Balaban J connectivity index is 1.99. The highest BCUT2D eigenvalue weighted by Crippen LogP contribution is 2.37. The van der Waals surface area contributed by atoms with Crippen LogP contribution in [0, 0.1) is 0 Å². The van der Waals surface area contributed by atoms with E-state index in [-0.39, 0.29) is 6.79 Å². The van der Waals surface area contributed by atoms with Crippen molar-refractivity contribution < 1.29 is 33.2 Å². The van der Waals surface area contributed by atoms with E-state index in [0.29, 0.717) is 11.3 Å². The maximum Gasteiger partial charge on any atom is 0.348 e. The average Bonchev–Trinajstić information content (AvgIpc) is 3.19. The van der Waals surface area contributed by atoms with Crippen LogP contribution in [0.3, 0.4) is 0 Å². The second-order valence-corrected chi connectivity index (χ2v) is 5.88. The van der Waals surface area contributed by atoms with Crippen molar-refractivity contribution in [2.24, 2.45) is 0 Å². The molecule has 0 bridgehead atoms. The molecule has 2 aromatic carbocycles. The number of carbonyl (C=O) groups excluding carboxylic acids is 1. The lowest BCUT2D eigenvalue weighted by atomic mass is 9.90. The van der Waals surface area contributed by atoms with Crippen molar-refractivity contribution in [1.82, 2.24) is 0 Å². The number of carbonyl (C=O) groups is 1. The largest absolute Gasteiger partial charge is 0.466 e. The summed E-state index contributed by atoms with van der Waals surface area (Å²) < 4.78 is 31.9. The standard InChI is InChI=1S/C20H22O7/c1-22-18(21)20(25-4,19(23-2)24-3)15-8-5-13(6-9-15)14-7-10-16-17(11-14)27-12-26-16/h5-11,19H,12H2,1-4H3/t20-/m1/s1. The number of rotatable bonds is 7. The smallest absolute Gasteiger partial charge is 0.348 e. The molecule has 0 amide bonds. The molecule has 3 rings (SSSR count). The summed E-state index contributed by atoms with van der Waals surface area (Å²) in [7, 11) is 5.57. The zero-order valence-corrected chi connectivity index (χ0v) is 15.7. The number of benzene rings is 2. The van der Waals surface area contributed by atoms with Crippen LogP contribution in [0.1, 0.15) is 5.56 Å². The molecule has 2 aromatic rings. The second-order valence-electron chi connectivity index (χ2n) is 5.88. The number of ether oxygens (including phenoxy) is 6. The highest BCUT2D eigenvalue weighted by atomic mass is 16.7. The van der Waals surface area contributed by atoms with E-state index >= 15 is 0 Å². The van der Waals surface area contributed by atoms with Gasteiger partial charge in [0.25, 0.3) is 0 Å². The van der Waals surface area contributed by atoms with Gasteiger partial charge in [-0.2, -0.15) is 0 Å². The van der Waals surface area contributed by atoms with E-state index in [4.69, 9.17) is 28.4 Å². The Morgan fingerprint density at radius 2 is 1.56 bits per heavy atom. The Labute approximate surface area is 157 Å². The fourth-order valence-corrected chi connectivity index (χ4v) is 3.21. The van der Waals surface area contributed by atoms with Crippen LogP contribution >= 0.6 is 0 Å². The predicted molar refractivity (Wildman–Crippen MR) is 96.5 cm³/mol. The Hall–Kier alpha value is -2.61. The van der Waals surface area contributed by atoms with Crippen LogP contribution in [0.5, 0.6) is 11.5 Å². The van der Waals surface area contributed by atoms with Crippen LogP contribution in [-0.2, 0) is 29.3 Å². The van der Waals surface area contributed by atoms with Gasteiger partial charge in [-0.3, -0.25) is 0 Å². The Bertz CT molecular complexity index is 798. The summed E-state index contributed by atoms with van der Waals surface area (Å²) in [6.45, 7) is 0.225. The highest BCUT2D eigenvalue weighted by Gasteiger charge is 2.50. The van der Waals surface area contributed by atoms with Crippen molar-refractivity contribution in [3.05, 3.63) is 48.0 Å². The number of fused-ring (bicyclic) bond motifs is 1. The van der Waals surface area contributed by atoms with Crippen molar-refractivity contribution in [2.75, 3.05) is 35.2 Å². The van der Waals surface area contributed by atoms with Crippen LogP contribution in [0.4, 0.5) is 0 Å². The third-order valence-corrected chi connectivity index (χ3v) is 4.59. The lowest BCUT2D eigenvalue weighted by Gasteiger charge is -2.35. The van der Waals surface area contributed by atoms with E-state index in [0.717, 1.165) is 16.9 Å². The van der Waals surface area contributed by atoms with Gasteiger partial charge >= 0.3 is 5.97 Å². The SMILES string of the molecule is COC(=O)[C@](OC)(c1ccc(-c2ccc3c(c2)OCO3)cc1)C(OC)OC. The van der Waals surface area contributed by atoms with Crippen LogP contribution < -0.4 is 9.47 Å². The van der Waals surface area contributed by atoms with E-state index in [1.807, 2.05) is 30.3 Å². The topological polar surface area (TPSA) is 72.5 Å². The minimum atomic E-state index is -1.55. The first kappa shape index (κ1) is 19.2. The molecule has 0 N–H and O–H groups in total.